The summed E-state index contributed by atoms with van der Waals surface area (Å²) in [6.07, 6.45) is 6.83. The second-order valence-corrected chi connectivity index (χ2v) is 5.65. The van der Waals surface area contributed by atoms with Crippen LogP contribution in [-0.4, -0.2) is 31.1 Å². The van der Waals surface area contributed by atoms with E-state index < -0.39 is 0 Å². The molecule has 0 saturated heterocycles. The number of hydrogen-bond donors (Lipinski definition) is 1. The molecule has 2 nitrogen and oxygen atoms in total. The van der Waals surface area contributed by atoms with Gasteiger partial charge in [-0.25, -0.2) is 4.39 Å². The lowest BCUT2D eigenvalue weighted by atomic mass is 9.95. The Labute approximate surface area is 116 Å². The highest BCUT2D eigenvalue weighted by Gasteiger charge is 2.12. The lowest BCUT2D eigenvalue weighted by Gasteiger charge is -2.24. The molecule has 1 aromatic rings. The molecule has 1 fully saturated rings. The molecule has 1 saturated carbocycles. The Morgan fingerprint density at radius 1 is 1.16 bits per heavy atom. The van der Waals surface area contributed by atoms with Gasteiger partial charge >= 0.3 is 0 Å². The Bertz CT molecular complexity index is 358. The molecule has 2 rings (SSSR count). The lowest BCUT2D eigenvalue weighted by Crippen LogP contribution is -2.36. The van der Waals surface area contributed by atoms with Gasteiger partial charge in [-0.15, -0.1) is 0 Å². The first kappa shape index (κ1) is 14.5. The summed E-state index contributed by atoms with van der Waals surface area (Å²) in [6, 6.07) is 7.52. The molecular formula is C16H25FN2. The van der Waals surface area contributed by atoms with Crippen molar-refractivity contribution >= 4 is 0 Å². The quantitative estimate of drug-likeness (QED) is 0.849. The predicted molar refractivity (Wildman–Crippen MR) is 77.6 cm³/mol. The van der Waals surface area contributed by atoms with Gasteiger partial charge in [0.2, 0.25) is 0 Å². The first-order valence-electron chi connectivity index (χ1n) is 7.40. The van der Waals surface area contributed by atoms with Crippen molar-refractivity contribution < 1.29 is 4.39 Å². The van der Waals surface area contributed by atoms with Gasteiger partial charge in [0.15, 0.2) is 0 Å². The number of rotatable bonds is 6. The molecule has 0 aromatic heterocycles. The highest BCUT2D eigenvalue weighted by Crippen LogP contribution is 2.17. The third kappa shape index (κ3) is 5.29. The van der Waals surface area contributed by atoms with Crippen molar-refractivity contribution in [2.75, 3.05) is 20.1 Å². The standard InChI is InChI=1S/C16H25FN2/c1-19(13-14-7-9-15(17)10-8-14)12-11-18-16-5-3-2-4-6-16/h7-10,16,18H,2-6,11-13H2,1H3. The van der Waals surface area contributed by atoms with E-state index in [9.17, 15) is 4.39 Å². The molecule has 19 heavy (non-hydrogen) atoms. The van der Waals surface area contributed by atoms with Crippen molar-refractivity contribution in [3.63, 3.8) is 0 Å². The minimum Gasteiger partial charge on any atom is -0.313 e. The van der Waals surface area contributed by atoms with Crippen LogP contribution < -0.4 is 5.32 Å². The Kier molecular flexibility index (Phi) is 5.80. The van der Waals surface area contributed by atoms with Crippen LogP contribution >= 0.6 is 0 Å². The van der Waals surface area contributed by atoms with Crippen molar-refractivity contribution in [2.45, 2.75) is 44.7 Å². The fourth-order valence-electron chi connectivity index (χ4n) is 2.75. The number of halogens is 1. The molecule has 1 N–H and O–H groups in total. The van der Waals surface area contributed by atoms with E-state index in [0.29, 0.717) is 0 Å². The number of likely N-dealkylation sites (N-methyl/N-ethyl adjacent to an activating group) is 1. The number of hydrogen-bond acceptors (Lipinski definition) is 2. The molecule has 106 valence electrons. The molecule has 1 aliphatic rings. The lowest BCUT2D eigenvalue weighted by molar-refractivity contribution is 0.300. The summed E-state index contributed by atoms with van der Waals surface area (Å²) in [5, 5.41) is 3.65. The predicted octanol–water partition coefficient (Wildman–Crippen LogP) is 3.18. The zero-order valence-electron chi connectivity index (χ0n) is 11.9. The van der Waals surface area contributed by atoms with Gasteiger partial charge < -0.3 is 10.2 Å². The van der Waals surface area contributed by atoms with E-state index >= 15 is 0 Å². The number of nitrogens with zero attached hydrogens (tertiary/aromatic N) is 1. The van der Waals surface area contributed by atoms with Crippen LogP contribution in [-0.2, 0) is 6.54 Å². The van der Waals surface area contributed by atoms with Crippen LogP contribution in [0.5, 0.6) is 0 Å². The van der Waals surface area contributed by atoms with Crippen LogP contribution in [0.3, 0.4) is 0 Å². The van der Waals surface area contributed by atoms with Crippen LogP contribution in [0.2, 0.25) is 0 Å². The van der Waals surface area contributed by atoms with Crippen molar-refractivity contribution in [1.82, 2.24) is 10.2 Å². The Balaban J connectivity index is 1.63. The first-order valence-corrected chi connectivity index (χ1v) is 7.40. The Morgan fingerprint density at radius 3 is 2.53 bits per heavy atom. The van der Waals surface area contributed by atoms with E-state index in [4.69, 9.17) is 0 Å². The molecule has 0 aliphatic heterocycles. The monoisotopic (exact) mass is 264 g/mol. The minimum absolute atomic E-state index is 0.162. The van der Waals surface area contributed by atoms with E-state index in [-0.39, 0.29) is 5.82 Å². The van der Waals surface area contributed by atoms with Crippen LogP contribution in [0.4, 0.5) is 4.39 Å². The van der Waals surface area contributed by atoms with E-state index in [0.717, 1.165) is 25.7 Å². The van der Waals surface area contributed by atoms with Crippen molar-refractivity contribution in [2.24, 2.45) is 0 Å². The average Bonchev–Trinajstić information content (AvgIpc) is 2.43. The van der Waals surface area contributed by atoms with Crippen molar-refractivity contribution in [1.29, 1.82) is 0 Å². The summed E-state index contributed by atoms with van der Waals surface area (Å²) in [4.78, 5) is 2.28. The summed E-state index contributed by atoms with van der Waals surface area (Å²) in [7, 11) is 2.12. The van der Waals surface area contributed by atoms with Gasteiger partial charge in [0, 0.05) is 25.7 Å². The number of nitrogens with one attached hydrogen (secondary N) is 1. The van der Waals surface area contributed by atoms with Gasteiger partial charge in [-0.1, -0.05) is 31.4 Å². The molecule has 1 aliphatic carbocycles. The summed E-state index contributed by atoms with van der Waals surface area (Å²) in [6.45, 7) is 2.96. The fourth-order valence-corrected chi connectivity index (χ4v) is 2.75. The van der Waals surface area contributed by atoms with E-state index in [1.165, 1.54) is 49.8 Å². The van der Waals surface area contributed by atoms with Gasteiger partial charge in [-0.3, -0.25) is 0 Å². The van der Waals surface area contributed by atoms with E-state index in [2.05, 4.69) is 17.3 Å². The van der Waals surface area contributed by atoms with Gasteiger partial charge in [-0.2, -0.15) is 0 Å². The third-order valence-electron chi connectivity index (χ3n) is 3.90. The maximum atomic E-state index is 12.8. The fraction of sp³-hybridized carbons (Fsp3) is 0.625. The highest BCUT2D eigenvalue weighted by molar-refractivity contribution is 5.15. The molecule has 3 heteroatoms. The van der Waals surface area contributed by atoms with Gasteiger partial charge in [0.1, 0.15) is 5.82 Å². The Morgan fingerprint density at radius 2 is 1.84 bits per heavy atom. The zero-order chi connectivity index (χ0) is 13.5. The normalized spacial score (nSPS) is 17.0. The molecule has 0 amide bonds. The van der Waals surface area contributed by atoms with Crippen LogP contribution in [0, 0.1) is 5.82 Å². The molecule has 0 spiro atoms. The zero-order valence-corrected chi connectivity index (χ0v) is 11.9. The maximum absolute atomic E-state index is 12.8. The maximum Gasteiger partial charge on any atom is 0.123 e. The second kappa shape index (κ2) is 7.61. The van der Waals surface area contributed by atoms with E-state index in [1.54, 1.807) is 0 Å². The summed E-state index contributed by atoms with van der Waals surface area (Å²) in [5.41, 5.74) is 1.17. The molecule has 0 radical (unpaired) electrons. The largest absolute Gasteiger partial charge is 0.313 e. The molecule has 0 bridgehead atoms. The van der Waals surface area contributed by atoms with Gasteiger partial charge in [0.25, 0.3) is 0 Å². The first-order chi connectivity index (χ1) is 9.24. The van der Waals surface area contributed by atoms with Crippen LogP contribution in [0.15, 0.2) is 24.3 Å². The molecule has 0 unspecified atom stereocenters. The van der Waals surface area contributed by atoms with Gasteiger partial charge in [-0.05, 0) is 37.6 Å². The third-order valence-corrected chi connectivity index (χ3v) is 3.90. The highest BCUT2D eigenvalue weighted by atomic mass is 19.1. The summed E-state index contributed by atoms with van der Waals surface area (Å²) < 4.78 is 12.8. The summed E-state index contributed by atoms with van der Waals surface area (Å²) in [5.74, 6) is -0.162. The van der Waals surface area contributed by atoms with Crippen molar-refractivity contribution in [3.05, 3.63) is 35.6 Å². The Hall–Kier alpha value is -0.930. The molecule has 0 heterocycles. The smallest absolute Gasteiger partial charge is 0.123 e. The second-order valence-electron chi connectivity index (χ2n) is 5.65. The summed E-state index contributed by atoms with van der Waals surface area (Å²) >= 11 is 0. The minimum atomic E-state index is -0.162. The molecular weight excluding hydrogens is 239 g/mol. The van der Waals surface area contributed by atoms with Crippen LogP contribution in [0.1, 0.15) is 37.7 Å². The average molecular weight is 264 g/mol. The van der Waals surface area contributed by atoms with Crippen molar-refractivity contribution in [3.8, 4) is 0 Å². The topological polar surface area (TPSA) is 15.3 Å². The molecule has 0 atom stereocenters. The molecule has 1 aromatic carbocycles. The van der Waals surface area contributed by atoms with Crippen LogP contribution in [0.25, 0.3) is 0 Å². The SMILES string of the molecule is CN(CCNC1CCCCC1)Cc1ccc(F)cc1. The number of benzene rings is 1. The van der Waals surface area contributed by atoms with E-state index in [1.807, 2.05) is 12.1 Å². The van der Waals surface area contributed by atoms with Gasteiger partial charge in [0.05, 0.1) is 0 Å².